The number of ether oxygens (including phenoxy) is 1. The molecule has 4 rings (SSSR count). The molecule has 1 amide bonds. The van der Waals surface area contributed by atoms with Gasteiger partial charge in [-0.25, -0.2) is 4.98 Å². The van der Waals surface area contributed by atoms with Crippen molar-refractivity contribution in [1.82, 2.24) is 20.4 Å². The molecule has 2 aromatic heterocycles. The zero-order valence-electron chi connectivity index (χ0n) is 17.3. The lowest BCUT2D eigenvalue weighted by Crippen LogP contribution is -2.27. The predicted octanol–water partition coefficient (Wildman–Crippen LogP) is 4.40. The first kappa shape index (κ1) is 19.6. The number of hydrogen-bond donors (Lipinski definition) is 1. The number of rotatable bonds is 5. The largest absolute Gasteiger partial charge is 0.494 e. The number of methoxy groups -OCH3 is 1. The molecule has 7 nitrogen and oxygen atoms in total. The topological polar surface area (TPSA) is 90.1 Å². The number of pyridine rings is 1. The van der Waals surface area contributed by atoms with Gasteiger partial charge < -0.3 is 14.6 Å². The molecular weight excluding hydrogens is 380 g/mol. The summed E-state index contributed by atoms with van der Waals surface area (Å²) in [5.74, 6) is 1.25. The molecule has 152 valence electrons. The summed E-state index contributed by atoms with van der Waals surface area (Å²) in [6.07, 6.45) is 0. The van der Waals surface area contributed by atoms with Gasteiger partial charge in [-0.15, -0.1) is 0 Å². The van der Waals surface area contributed by atoms with E-state index < -0.39 is 6.04 Å². The van der Waals surface area contributed by atoms with Crippen LogP contribution in [0.2, 0.25) is 0 Å². The molecule has 2 heterocycles. The van der Waals surface area contributed by atoms with Crippen molar-refractivity contribution >= 4 is 16.8 Å². The molecule has 0 aliphatic heterocycles. The third-order valence-electron chi connectivity index (χ3n) is 4.90. The molecular formula is C23H22N4O3. The fourth-order valence-electron chi connectivity index (χ4n) is 3.31. The van der Waals surface area contributed by atoms with E-state index in [0.29, 0.717) is 28.7 Å². The number of carbonyl (C=O) groups excluding carboxylic acids is 1. The van der Waals surface area contributed by atoms with Gasteiger partial charge in [-0.1, -0.05) is 41.1 Å². The van der Waals surface area contributed by atoms with Gasteiger partial charge in [0.2, 0.25) is 11.7 Å². The monoisotopic (exact) mass is 402 g/mol. The van der Waals surface area contributed by atoms with Crippen LogP contribution in [0.1, 0.15) is 40.5 Å². The van der Waals surface area contributed by atoms with Crippen LogP contribution in [0.5, 0.6) is 5.75 Å². The molecule has 30 heavy (non-hydrogen) atoms. The fraction of sp³-hybridized carbons (Fsp3) is 0.217. The minimum absolute atomic E-state index is 0.257. The molecule has 7 heteroatoms. The van der Waals surface area contributed by atoms with E-state index in [2.05, 4.69) is 20.4 Å². The summed E-state index contributed by atoms with van der Waals surface area (Å²) in [7, 11) is 1.60. The van der Waals surface area contributed by atoms with Crippen LogP contribution in [0.4, 0.5) is 0 Å². The van der Waals surface area contributed by atoms with Crippen molar-refractivity contribution in [3.05, 3.63) is 71.2 Å². The van der Waals surface area contributed by atoms with Crippen LogP contribution in [0.3, 0.4) is 0 Å². The van der Waals surface area contributed by atoms with Crippen LogP contribution in [0.15, 0.2) is 53.1 Å². The van der Waals surface area contributed by atoms with E-state index in [-0.39, 0.29) is 5.91 Å². The summed E-state index contributed by atoms with van der Waals surface area (Å²) >= 11 is 0. The lowest BCUT2D eigenvalue weighted by atomic mass is 10.1. The number of hydrogen-bond acceptors (Lipinski definition) is 6. The highest BCUT2D eigenvalue weighted by Crippen LogP contribution is 2.26. The Kier molecular flexibility index (Phi) is 5.18. The molecule has 1 unspecified atom stereocenters. The van der Waals surface area contributed by atoms with Crippen LogP contribution >= 0.6 is 0 Å². The summed E-state index contributed by atoms with van der Waals surface area (Å²) in [4.78, 5) is 21.9. The minimum atomic E-state index is -0.455. The smallest absolute Gasteiger partial charge is 0.253 e. The Bertz CT molecular complexity index is 1230. The van der Waals surface area contributed by atoms with Crippen LogP contribution in [0, 0.1) is 13.8 Å². The van der Waals surface area contributed by atoms with E-state index in [1.165, 1.54) is 0 Å². The molecule has 0 fully saturated rings. The SMILES string of the molecule is COc1cccc2cc(C(=O)NC(C)c3nc(-c4cccc(C)c4)no3)c(C)nc12. The molecule has 0 spiro atoms. The number of benzene rings is 2. The molecule has 0 aliphatic carbocycles. The number of amides is 1. The third kappa shape index (κ3) is 3.74. The highest BCUT2D eigenvalue weighted by Gasteiger charge is 2.20. The van der Waals surface area contributed by atoms with Gasteiger partial charge >= 0.3 is 0 Å². The van der Waals surface area contributed by atoms with E-state index in [1.54, 1.807) is 21.0 Å². The maximum Gasteiger partial charge on any atom is 0.253 e. The van der Waals surface area contributed by atoms with Gasteiger partial charge in [0, 0.05) is 10.9 Å². The second-order valence-electron chi connectivity index (χ2n) is 7.17. The molecule has 0 bridgehead atoms. The van der Waals surface area contributed by atoms with Gasteiger partial charge in [0.05, 0.1) is 18.4 Å². The maximum absolute atomic E-state index is 12.9. The second kappa shape index (κ2) is 7.94. The van der Waals surface area contributed by atoms with Gasteiger partial charge in [-0.3, -0.25) is 4.79 Å². The normalized spacial score (nSPS) is 12.0. The third-order valence-corrected chi connectivity index (χ3v) is 4.90. The average molecular weight is 402 g/mol. The zero-order valence-corrected chi connectivity index (χ0v) is 17.3. The van der Waals surface area contributed by atoms with Crippen molar-refractivity contribution in [3.63, 3.8) is 0 Å². The standard InChI is InChI=1S/C23H22N4O3/c1-13-7-5-9-17(11-13)21-26-23(30-27-21)15(3)25-22(28)18-12-16-8-6-10-19(29-4)20(16)24-14(18)2/h5-12,15H,1-4H3,(H,25,28). The number of fused-ring (bicyclic) bond motifs is 1. The quantitative estimate of drug-likeness (QED) is 0.532. The van der Waals surface area contributed by atoms with Gasteiger partial charge in [-0.05, 0) is 39.0 Å². The highest BCUT2D eigenvalue weighted by atomic mass is 16.5. The molecule has 4 aromatic rings. The van der Waals surface area contributed by atoms with Gasteiger partial charge in [0.1, 0.15) is 17.3 Å². The Morgan fingerprint density at radius 1 is 1.10 bits per heavy atom. The molecule has 0 saturated carbocycles. The van der Waals surface area contributed by atoms with Crippen molar-refractivity contribution in [2.45, 2.75) is 26.8 Å². The number of carbonyl (C=O) groups is 1. The summed E-state index contributed by atoms with van der Waals surface area (Å²) in [5, 5.41) is 7.79. The number of nitrogens with zero attached hydrogens (tertiary/aromatic N) is 3. The van der Waals surface area contributed by atoms with Crippen molar-refractivity contribution in [1.29, 1.82) is 0 Å². The molecule has 0 saturated heterocycles. The van der Waals surface area contributed by atoms with Crippen molar-refractivity contribution in [2.75, 3.05) is 7.11 Å². The minimum Gasteiger partial charge on any atom is -0.494 e. The van der Waals surface area contributed by atoms with E-state index in [0.717, 1.165) is 22.0 Å². The van der Waals surface area contributed by atoms with Crippen molar-refractivity contribution < 1.29 is 14.1 Å². The molecule has 2 aromatic carbocycles. The van der Waals surface area contributed by atoms with E-state index in [4.69, 9.17) is 9.26 Å². The number of nitrogens with one attached hydrogen (secondary N) is 1. The molecule has 0 aliphatic rings. The predicted molar refractivity (Wildman–Crippen MR) is 113 cm³/mol. The Hall–Kier alpha value is -3.74. The number of aryl methyl sites for hydroxylation is 2. The van der Waals surface area contributed by atoms with E-state index in [1.807, 2.05) is 55.5 Å². The van der Waals surface area contributed by atoms with Crippen LogP contribution in [0.25, 0.3) is 22.3 Å². The lowest BCUT2D eigenvalue weighted by Gasteiger charge is -2.13. The van der Waals surface area contributed by atoms with Crippen molar-refractivity contribution in [3.8, 4) is 17.1 Å². The maximum atomic E-state index is 12.9. The fourth-order valence-corrected chi connectivity index (χ4v) is 3.31. The zero-order chi connectivity index (χ0) is 21.3. The van der Waals surface area contributed by atoms with Gasteiger partial charge in [-0.2, -0.15) is 4.98 Å². The average Bonchev–Trinajstić information content (AvgIpc) is 3.23. The summed E-state index contributed by atoms with van der Waals surface area (Å²) < 4.78 is 10.7. The summed E-state index contributed by atoms with van der Waals surface area (Å²) in [5.41, 5.74) is 3.80. The van der Waals surface area contributed by atoms with Crippen molar-refractivity contribution in [2.24, 2.45) is 0 Å². The Morgan fingerprint density at radius 3 is 2.67 bits per heavy atom. The molecule has 1 atom stereocenters. The molecule has 0 radical (unpaired) electrons. The Balaban J connectivity index is 1.56. The van der Waals surface area contributed by atoms with E-state index in [9.17, 15) is 4.79 Å². The Labute approximate surface area is 174 Å². The Morgan fingerprint density at radius 2 is 1.90 bits per heavy atom. The first-order valence-corrected chi connectivity index (χ1v) is 9.62. The molecule has 1 N–H and O–H groups in total. The highest BCUT2D eigenvalue weighted by molar-refractivity contribution is 5.99. The lowest BCUT2D eigenvalue weighted by molar-refractivity contribution is 0.0931. The van der Waals surface area contributed by atoms with E-state index >= 15 is 0 Å². The van der Waals surface area contributed by atoms with Gasteiger partial charge in [0.15, 0.2) is 0 Å². The first-order valence-electron chi connectivity index (χ1n) is 9.62. The number of aromatic nitrogens is 3. The van der Waals surface area contributed by atoms with Crippen LogP contribution in [-0.4, -0.2) is 28.1 Å². The first-order chi connectivity index (χ1) is 14.5. The second-order valence-corrected chi connectivity index (χ2v) is 7.17. The summed E-state index contributed by atoms with van der Waals surface area (Å²) in [6, 6.07) is 14.8. The van der Waals surface area contributed by atoms with Crippen LogP contribution in [-0.2, 0) is 0 Å². The number of para-hydroxylation sites is 1. The van der Waals surface area contributed by atoms with Crippen LogP contribution < -0.4 is 10.1 Å². The van der Waals surface area contributed by atoms with Gasteiger partial charge in [0.25, 0.3) is 5.91 Å². The summed E-state index contributed by atoms with van der Waals surface area (Å²) in [6.45, 7) is 5.61.